The normalized spacial score (nSPS) is 18.1. The van der Waals surface area contributed by atoms with Crippen molar-refractivity contribution in [2.24, 2.45) is 0 Å². The van der Waals surface area contributed by atoms with Crippen LogP contribution in [-0.2, 0) is 10.7 Å². The van der Waals surface area contributed by atoms with Crippen molar-refractivity contribution in [1.82, 2.24) is 9.80 Å². The molecule has 1 aliphatic rings. The summed E-state index contributed by atoms with van der Waals surface area (Å²) in [6, 6.07) is 8.17. The first-order chi connectivity index (χ1) is 12.2. The summed E-state index contributed by atoms with van der Waals surface area (Å²) in [5.41, 5.74) is 7.46. The minimum Gasteiger partial charge on any atom is -0.497 e. The van der Waals surface area contributed by atoms with E-state index in [0.29, 0.717) is 0 Å². The van der Waals surface area contributed by atoms with Gasteiger partial charge in [0.15, 0.2) is 8.32 Å². The molecular weight excluding hydrogens is 356 g/mol. The number of nitrogens with zero attached hydrogens (tertiary/aromatic N) is 2. The fourth-order valence-electron chi connectivity index (χ4n) is 2.78. The molecule has 4 nitrogen and oxygen atoms in total. The maximum atomic E-state index is 6.53. The molecule has 0 spiro atoms. The standard InChI is InChI=1S/C20H30N2O2Si2/c1-8-25(5,6)24-26(7,9-2)17-20-21(3)14-15-22(20)16-18-10-12-19(23-4)13-11-18/h8-15,17H,1-2,16H2,3-7H3. The molecule has 0 amide bonds. The van der Waals surface area contributed by atoms with E-state index >= 15 is 0 Å². The van der Waals surface area contributed by atoms with Crippen molar-refractivity contribution in [3.8, 4) is 5.75 Å². The van der Waals surface area contributed by atoms with Crippen molar-refractivity contribution in [3.63, 3.8) is 0 Å². The molecule has 0 saturated carbocycles. The first-order valence-electron chi connectivity index (χ1n) is 8.73. The highest BCUT2D eigenvalue weighted by molar-refractivity contribution is 6.92. The van der Waals surface area contributed by atoms with Crippen molar-refractivity contribution in [2.75, 3.05) is 14.2 Å². The van der Waals surface area contributed by atoms with Crippen LogP contribution in [-0.4, -0.2) is 40.6 Å². The van der Waals surface area contributed by atoms with Gasteiger partial charge in [-0.15, -0.1) is 13.2 Å². The van der Waals surface area contributed by atoms with Gasteiger partial charge in [0, 0.05) is 26.0 Å². The topological polar surface area (TPSA) is 24.9 Å². The Morgan fingerprint density at radius 3 is 2.23 bits per heavy atom. The second-order valence-corrected chi connectivity index (χ2v) is 14.7. The number of rotatable bonds is 8. The first-order valence-corrected chi connectivity index (χ1v) is 14.3. The largest absolute Gasteiger partial charge is 0.497 e. The lowest BCUT2D eigenvalue weighted by Crippen LogP contribution is -2.44. The molecular formula is C20H30N2O2Si2. The highest BCUT2D eigenvalue weighted by Crippen LogP contribution is 2.26. The quantitative estimate of drug-likeness (QED) is 0.612. The van der Waals surface area contributed by atoms with Crippen molar-refractivity contribution in [3.05, 3.63) is 78.3 Å². The smallest absolute Gasteiger partial charge is 0.230 e. The second kappa shape index (κ2) is 8.11. The highest BCUT2D eigenvalue weighted by atomic mass is 28.4. The van der Waals surface area contributed by atoms with Crippen LogP contribution >= 0.6 is 0 Å². The first kappa shape index (κ1) is 20.3. The Morgan fingerprint density at radius 2 is 1.69 bits per heavy atom. The fourth-order valence-corrected chi connectivity index (χ4v) is 9.21. The minimum absolute atomic E-state index is 0.792. The van der Waals surface area contributed by atoms with Crippen LogP contribution in [0.1, 0.15) is 5.56 Å². The van der Waals surface area contributed by atoms with Crippen molar-refractivity contribution in [1.29, 1.82) is 0 Å². The summed E-state index contributed by atoms with van der Waals surface area (Å²) in [5, 5.41) is 0. The van der Waals surface area contributed by atoms with E-state index in [-0.39, 0.29) is 0 Å². The molecule has 0 bridgehead atoms. The number of methoxy groups -OCH3 is 1. The Morgan fingerprint density at radius 1 is 1.04 bits per heavy atom. The Labute approximate surface area is 160 Å². The molecule has 1 aliphatic heterocycles. The predicted octanol–water partition coefficient (Wildman–Crippen LogP) is 4.54. The van der Waals surface area contributed by atoms with Gasteiger partial charge in [-0.2, -0.15) is 0 Å². The van der Waals surface area contributed by atoms with E-state index in [4.69, 9.17) is 8.85 Å². The van der Waals surface area contributed by atoms with Crippen LogP contribution in [0, 0.1) is 0 Å². The molecule has 1 aromatic rings. The summed E-state index contributed by atoms with van der Waals surface area (Å²) in [6.45, 7) is 15.3. The molecule has 1 unspecified atom stereocenters. The van der Waals surface area contributed by atoms with Gasteiger partial charge in [0.25, 0.3) is 0 Å². The van der Waals surface area contributed by atoms with Crippen LogP contribution in [0.15, 0.2) is 72.7 Å². The van der Waals surface area contributed by atoms with E-state index < -0.39 is 16.6 Å². The zero-order valence-electron chi connectivity index (χ0n) is 16.5. The van der Waals surface area contributed by atoms with Gasteiger partial charge in [-0.25, -0.2) is 0 Å². The van der Waals surface area contributed by atoms with Crippen LogP contribution in [0.4, 0.5) is 0 Å². The van der Waals surface area contributed by atoms with Gasteiger partial charge in [-0.05, 0) is 43.0 Å². The Hall–Kier alpha value is -2.03. The van der Waals surface area contributed by atoms with Crippen LogP contribution < -0.4 is 4.74 Å². The Kier molecular flexibility index (Phi) is 6.33. The van der Waals surface area contributed by atoms with Crippen LogP contribution in [0.2, 0.25) is 19.6 Å². The summed E-state index contributed by atoms with van der Waals surface area (Å²) in [7, 11) is -0.364. The molecule has 6 heteroatoms. The van der Waals surface area contributed by atoms with Crippen molar-refractivity contribution < 1.29 is 8.85 Å². The third kappa shape index (κ3) is 5.00. The van der Waals surface area contributed by atoms with E-state index in [1.54, 1.807) is 7.11 Å². The highest BCUT2D eigenvalue weighted by Gasteiger charge is 2.33. The van der Waals surface area contributed by atoms with Crippen LogP contribution in [0.25, 0.3) is 0 Å². The lowest BCUT2D eigenvalue weighted by Gasteiger charge is -2.32. The van der Waals surface area contributed by atoms with Gasteiger partial charge in [0.1, 0.15) is 11.6 Å². The van der Waals surface area contributed by atoms with Gasteiger partial charge < -0.3 is 18.7 Å². The van der Waals surface area contributed by atoms with Gasteiger partial charge in [0.05, 0.1) is 7.11 Å². The third-order valence-electron chi connectivity index (χ3n) is 4.43. The number of benzene rings is 1. The summed E-state index contributed by atoms with van der Waals surface area (Å²) >= 11 is 0. The summed E-state index contributed by atoms with van der Waals surface area (Å²) in [5.74, 6) is 2.00. The molecule has 0 radical (unpaired) electrons. The van der Waals surface area contributed by atoms with Gasteiger partial charge >= 0.3 is 0 Å². The van der Waals surface area contributed by atoms with Crippen molar-refractivity contribution in [2.45, 2.75) is 26.2 Å². The number of ether oxygens (including phenoxy) is 1. The summed E-state index contributed by atoms with van der Waals surface area (Å²) in [6.07, 6.45) is 4.17. The molecule has 140 valence electrons. The van der Waals surface area contributed by atoms with Crippen LogP contribution in [0.3, 0.4) is 0 Å². The lowest BCUT2D eigenvalue weighted by molar-refractivity contribution is 0.386. The molecule has 1 heterocycles. The van der Waals surface area contributed by atoms with Gasteiger partial charge in [-0.3, -0.25) is 0 Å². The summed E-state index contributed by atoms with van der Waals surface area (Å²) < 4.78 is 11.8. The molecule has 1 atom stereocenters. The maximum Gasteiger partial charge on any atom is 0.230 e. The lowest BCUT2D eigenvalue weighted by atomic mass is 10.2. The maximum absolute atomic E-state index is 6.53. The molecule has 26 heavy (non-hydrogen) atoms. The molecule has 0 aliphatic carbocycles. The van der Waals surface area contributed by atoms with Crippen molar-refractivity contribution >= 4 is 16.6 Å². The predicted molar refractivity (Wildman–Crippen MR) is 114 cm³/mol. The van der Waals surface area contributed by atoms with E-state index in [1.807, 2.05) is 23.5 Å². The summed E-state index contributed by atoms with van der Waals surface area (Å²) in [4.78, 5) is 4.37. The zero-order valence-corrected chi connectivity index (χ0v) is 18.5. The Balaban J connectivity index is 2.24. The number of hydrogen-bond acceptors (Lipinski definition) is 4. The zero-order chi connectivity index (χ0) is 19.4. The molecule has 2 rings (SSSR count). The average molecular weight is 387 g/mol. The SMILES string of the molecule is C=C[Si](C)(C)O[Si](C)(C=C)C=C1N(C)C=CN1Cc1ccc(OC)cc1. The molecule has 0 saturated heterocycles. The molecule has 0 fully saturated rings. The van der Waals surface area contributed by atoms with Gasteiger partial charge in [-0.1, -0.05) is 23.5 Å². The van der Waals surface area contributed by atoms with E-state index in [0.717, 1.165) is 18.1 Å². The molecule has 0 aromatic heterocycles. The van der Waals surface area contributed by atoms with E-state index in [1.165, 1.54) is 5.56 Å². The van der Waals surface area contributed by atoms with E-state index in [2.05, 4.69) is 79.9 Å². The molecule has 1 aromatic carbocycles. The molecule has 0 N–H and O–H groups in total. The Bertz CT molecular complexity index is 713. The third-order valence-corrected chi connectivity index (χ3v) is 10.9. The van der Waals surface area contributed by atoms with E-state index in [9.17, 15) is 0 Å². The van der Waals surface area contributed by atoms with Gasteiger partial charge in [0.2, 0.25) is 8.32 Å². The average Bonchev–Trinajstić information content (AvgIpc) is 2.95. The minimum atomic E-state index is -2.21. The fraction of sp³-hybridized carbons (Fsp3) is 0.300. The number of hydrogen-bond donors (Lipinski definition) is 0. The monoisotopic (exact) mass is 386 g/mol. The van der Waals surface area contributed by atoms with Crippen LogP contribution in [0.5, 0.6) is 5.75 Å². The second-order valence-electron chi connectivity index (χ2n) is 7.19.